The summed E-state index contributed by atoms with van der Waals surface area (Å²) in [6.07, 6.45) is 2.14. The Morgan fingerprint density at radius 1 is 1.16 bits per heavy atom. The Labute approximate surface area is 143 Å². The van der Waals surface area contributed by atoms with Crippen LogP contribution in [0.25, 0.3) is 0 Å². The van der Waals surface area contributed by atoms with Crippen LogP contribution < -0.4 is 5.48 Å². The highest BCUT2D eigenvalue weighted by atomic mass is 19.2. The molecule has 0 aliphatic heterocycles. The third-order valence-electron chi connectivity index (χ3n) is 3.54. The molecule has 1 aliphatic rings. The number of aliphatic carboxylic acids is 1. The first-order valence-electron chi connectivity index (χ1n) is 7.69. The van der Waals surface area contributed by atoms with Crippen LogP contribution in [-0.2, 0) is 16.2 Å². The summed E-state index contributed by atoms with van der Waals surface area (Å²) in [6, 6.07) is 8.49. The zero-order valence-electron chi connectivity index (χ0n) is 13.3. The Bertz CT molecular complexity index is 686. The second-order valence-corrected chi connectivity index (χ2v) is 5.64. The first-order chi connectivity index (χ1) is 11.9. The highest BCUT2D eigenvalue weighted by Crippen LogP contribution is 2.27. The lowest BCUT2D eigenvalue weighted by atomic mass is 9.97. The van der Waals surface area contributed by atoms with E-state index in [1.54, 1.807) is 0 Å². The third kappa shape index (κ3) is 6.56. The van der Waals surface area contributed by atoms with Crippen LogP contribution in [-0.4, -0.2) is 17.1 Å². The Morgan fingerprint density at radius 3 is 2.56 bits per heavy atom. The molecule has 0 aromatic heterocycles. The number of carboxylic acid groups (broad SMARTS) is 1. The molecule has 134 valence electrons. The van der Waals surface area contributed by atoms with Crippen molar-refractivity contribution in [2.45, 2.75) is 25.5 Å². The van der Waals surface area contributed by atoms with Gasteiger partial charge in [-0.05, 0) is 24.1 Å². The normalized spacial score (nSPS) is 18.7. The topological polar surface area (TPSA) is 58.6 Å². The monoisotopic (exact) mass is 353 g/mol. The van der Waals surface area contributed by atoms with E-state index in [2.05, 4.69) is 5.48 Å². The number of rotatable bonds is 8. The smallest absolute Gasteiger partial charge is 0.305 e. The van der Waals surface area contributed by atoms with Crippen molar-refractivity contribution in [2.75, 3.05) is 0 Å². The van der Waals surface area contributed by atoms with Crippen molar-refractivity contribution in [3.63, 3.8) is 0 Å². The third-order valence-corrected chi connectivity index (χ3v) is 3.54. The van der Waals surface area contributed by atoms with Gasteiger partial charge in [0.15, 0.2) is 11.7 Å². The zero-order chi connectivity index (χ0) is 18.2. The summed E-state index contributed by atoms with van der Waals surface area (Å²) in [6.45, 7) is 0.201. The lowest BCUT2D eigenvalue weighted by Gasteiger charge is -2.19. The van der Waals surface area contributed by atoms with Gasteiger partial charge in [0.25, 0.3) is 0 Å². The average molecular weight is 353 g/mol. The molecule has 0 radical (unpaired) electrons. The van der Waals surface area contributed by atoms with Gasteiger partial charge in [0.2, 0.25) is 0 Å². The van der Waals surface area contributed by atoms with Crippen molar-refractivity contribution in [2.24, 2.45) is 5.92 Å². The molecule has 4 nitrogen and oxygen atoms in total. The van der Waals surface area contributed by atoms with Gasteiger partial charge in [-0.2, -0.15) is 5.48 Å². The van der Waals surface area contributed by atoms with E-state index in [1.807, 2.05) is 30.3 Å². The van der Waals surface area contributed by atoms with Crippen LogP contribution in [0.15, 0.2) is 66.0 Å². The van der Waals surface area contributed by atoms with Gasteiger partial charge in [-0.25, -0.2) is 13.2 Å². The van der Waals surface area contributed by atoms with Gasteiger partial charge in [-0.15, -0.1) is 0 Å². The summed E-state index contributed by atoms with van der Waals surface area (Å²) in [4.78, 5) is 16.3. The van der Waals surface area contributed by atoms with Gasteiger partial charge in [0.1, 0.15) is 5.83 Å². The second kappa shape index (κ2) is 9.19. The predicted octanol–water partition coefficient (Wildman–Crippen LogP) is 4.13. The molecule has 0 bridgehead atoms. The molecule has 1 aliphatic carbocycles. The molecule has 0 fully saturated rings. The standard InChI is InChI=1S/C18H18F3NO3/c19-14-6-13(8-16(20)17(21)9-14)7-15(10-18(23)24)22-25-11-12-4-2-1-3-5-12/h1-6,8-9,13,15,22H,7,10-11H2,(H,23,24). The lowest BCUT2D eigenvalue weighted by molar-refractivity contribution is -0.139. The fraction of sp³-hybridized carbons (Fsp3) is 0.278. The molecule has 2 rings (SSSR count). The number of halogens is 3. The number of hydrogen-bond acceptors (Lipinski definition) is 3. The van der Waals surface area contributed by atoms with Crippen LogP contribution in [0.3, 0.4) is 0 Å². The number of carboxylic acids is 1. The van der Waals surface area contributed by atoms with Crippen molar-refractivity contribution in [1.29, 1.82) is 0 Å². The van der Waals surface area contributed by atoms with E-state index in [9.17, 15) is 18.0 Å². The molecule has 1 aromatic rings. The molecule has 2 atom stereocenters. The predicted molar refractivity (Wildman–Crippen MR) is 86.1 cm³/mol. The maximum atomic E-state index is 13.5. The molecular formula is C18H18F3NO3. The Hall–Kier alpha value is -2.38. The van der Waals surface area contributed by atoms with Crippen LogP contribution in [0.4, 0.5) is 13.2 Å². The number of carbonyl (C=O) groups is 1. The molecule has 7 heteroatoms. The van der Waals surface area contributed by atoms with Crippen LogP contribution in [0, 0.1) is 5.92 Å². The fourth-order valence-electron chi connectivity index (χ4n) is 2.42. The van der Waals surface area contributed by atoms with Gasteiger partial charge in [0, 0.05) is 18.0 Å². The van der Waals surface area contributed by atoms with Crippen LogP contribution in [0.2, 0.25) is 0 Å². The first-order valence-corrected chi connectivity index (χ1v) is 7.69. The number of benzene rings is 1. The quantitative estimate of drug-likeness (QED) is 0.690. The molecule has 0 amide bonds. The molecule has 0 spiro atoms. The summed E-state index contributed by atoms with van der Waals surface area (Å²) in [7, 11) is 0. The summed E-state index contributed by atoms with van der Waals surface area (Å²) in [5, 5.41) is 8.99. The highest BCUT2D eigenvalue weighted by molar-refractivity contribution is 5.67. The van der Waals surface area contributed by atoms with E-state index in [0.717, 1.165) is 17.7 Å². The minimum absolute atomic E-state index is 0.0308. The largest absolute Gasteiger partial charge is 0.481 e. The maximum Gasteiger partial charge on any atom is 0.305 e. The van der Waals surface area contributed by atoms with E-state index < -0.39 is 35.4 Å². The number of allylic oxidation sites excluding steroid dienone is 6. The van der Waals surface area contributed by atoms with Crippen molar-refractivity contribution in [3.05, 3.63) is 71.6 Å². The minimum atomic E-state index is -1.29. The highest BCUT2D eigenvalue weighted by Gasteiger charge is 2.21. The van der Waals surface area contributed by atoms with Crippen molar-refractivity contribution >= 4 is 5.97 Å². The SMILES string of the molecule is O=C(O)CC(CC1C=C(F)C=C(F)C(F)=C1)NOCc1ccccc1. The molecule has 2 N–H and O–H groups in total. The molecule has 0 saturated heterocycles. The molecule has 0 heterocycles. The molecule has 0 saturated carbocycles. The lowest BCUT2D eigenvalue weighted by Crippen LogP contribution is -2.33. The zero-order valence-corrected chi connectivity index (χ0v) is 13.3. The second-order valence-electron chi connectivity index (χ2n) is 5.64. The number of nitrogens with one attached hydrogen (secondary N) is 1. The Balaban J connectivity index is 1.97. The number of hydrogen-bond donors (Lipinski definition) is 2. The maximum absolute atomic E-state index is 13.5. The fourth-order valence-corrected chi connectivity index (χ4v) is 2.42. The van der Waals surface area contributed by atoms with E-state index in [1.165, 1.54) is 0 Å². The van der Waals surface area contributed by atoms with Gasteiger partial charge < -0.3 is 5.11 Å². The van der Waals surface area contributed by atoms with Crippen molar-refractivity contribution in [3.8, 4) is 0 Å². The Kier molecular flexibility index (Phi) is 6.97. The van der Waals surface area contributed by atoms with E-state index in [-0.39, 0.29) is 19.4 Å². The van der Waals surface area contributed by atoms with Gasteiger partial charge >= 0.3 is 5.97 Å². The van der Waals surface area contributed by atoms with Crippen molar-refractivity contribution < 1.29 is 27.9 Å². The van der Waals surface area contributed by atoms with Crippen molar-refractivity contribution in [1.82, 2.24) is 5.48 Å². The van der Waals surface area contributed by atoms with E-state index in [0.29, 0.717) is 6.08 Å². The summed E-state index contributed by atoms with van der Waals surface area (Å²) < 4.78 is 40.2. The molecule has 1 aromatic carbocycles. The van der Waals surface area contributed by atoms with Gasteiger partial charge in [-0.3, -0.25) is 9.63 Å². The number of hydroxylamine groups is 1. The van der Waals surface area contributed by atoms with Gasteiger partial charge in [0.05, 0.1) is 13.0 Å². The van der Waals surface area contributed by atoms with Crippen LogP contribution >= 0.6 is 0 Å². The summed E-state index contributed by atoms with van der Waals surface area (Å²) >= 11 is 0. The van der Waals surface area contributed by atoms with Crippen LogP contribution in [0.1, 0.15) is 18.4 Å². The molecule has 2 unspecified atom stereocenters. The molecule has 25 heavy (non-hydrogen) atoms. The summed E-state index contributed by atoms with van der Waals surface area (Å²) in [5.74, 6) is -5.27. The van der Waals surface area contributed by atoms with Gasteiger partial charge in [-0.1, -0.05) is 30.3 Å². The Morgan fingerprint density at radius 2 is 1.88 bits per heavy atom. The molecular weight excluding hydrogens is 335 g/mol. The van der Waals surface area contributed by atoms with Crippen LogP contribution in [0.5, 0.6) is 0 Å². The minimum Gasteiger partial charge on any atom is -0.481 e. The van der Waals surface area contributed by atoms with E-state index >= 15 is 0 Å². The summed E-state index contributed by atoms with van der Waals surface area (Å²) in [5.41, 5.74) is 3.49. The van der Waals surface area contributed by atoms with E-state index in [4.69, 9.17) is 9.94 Å². The average Bonchev–Trinajstić information content (AvgIpc) is 2.65. The first kappa shape index (κ1) is 19.0.